The molecule has 2 atom stereocenters. The molecular weight excluding hydrogens is 396 g/mol. The first-order valence-corrected chi connectivity index (χ1v) is 11.7. The number of hydrogen-bond acceptors (Lipinski definition) is 5. The van der Waals surface area contributed by atoms with Gasteiger partial charge in [-0.1, -0.05) is 33.3 Å². The number of rotatable bonds is 6. The average molecular weight is 429 g/mol. The number of amides is 1. The number of nitrogens with one attached hydrogen (secondary N) is 2. The van der Waals surface area contributed by atoms with Gasteiger partial charge in [0.1, 0.15) is 11.2 Å². The van der Waals surface area contributed by atoms with E-state index in [1.54, 1.807) is 18.4 Å². The fourth-order valence-corrected chi connectivity index (χ4v) is 5.91. The maximum absolute atomic E-state index is 13.1. The second kappa shape index (κ2) is 8.14. The predicted octanol–water partition coefficient (Wildman–Crippen LogP) is 5.55. The van der Waals surface area contributed by atoms with Gasteiger partial charge >= 0.3 is 0 Å². The number of fused-ring (bicyclic) bond motifs is 3. The SMILES string of the molecule is CCOc1ccc(C2NC(=O)c3c(sc4c3CCC(C(C)(C)CC)C4)N2)cc1OC. The third-order valence-corrected chi connectivity index (χ3v) is 8.07. The normalized spacial score (nSPS) is 20.6. The maximum atomic E-state index is 13.1. The summed E-state index contributed by atoms with van der Waals surface area (Å²) in [6.45, 7) is 9.54. The molecule has 2 aromatic rings. The number of anilines is 1. The molecule has 2 aliphatic rings. The van der Waals surface area contributed by atoms with Gasteiger partial charge in [-0.25, -0.2) is 0 Å². The number of hydrogen-bond donors (Lipinski definition) is 2. The zero-order chi connectivity index (χ0) is 21.5. The number of carbonyl (C=O) groups is 1. The molecule has 0 radical (unpaired) electrons. The molecule has 30 heavy (non-hydrogen) atoms. The molecule has 0 fully saturated rings. The lowest BCUT2D eigenvalue weighted by Gasteiger charge is -2.36. The van der Waals surface area contributed by atoms with Crippen LogP contribution in [-0.4, -0.2) is 19.6 Å². The molecule has 1 amide bonds. The van der Waals surface area contributed by atoms with Crippen LogP contribution >= 0.6 is 11.3 Å². The predicted molar refractivity (Wildman–Crippen MR) is 122 cm³/mol. The van der Waals surface area contributed by atoms with Crippen LogP contribution in [0.25, 0.3) is 0 Å². The molecule has 162 valence electrons. The summed E-state index contributed by atoms with van der Waals surface area (Å²) in [5.74, 6) is 2.07. The van der Waals surface area contributed by atoms with Gasteiger partial charge < -0.3 is 20.1 Å². The van der Waals surface area contributed by atoms with Crippen LogP contribution < -0.4 is 20.1 Å². The first-order valence-electron chi connectivity index (χ1n) is 10.9. The number of thiophene rings is 1. The van der Waals surface area contributed by atoms with Crippen LogP contribution in [0.1, 0.15) is 73.1 Å². The van der Waals surface area contributed by atoms with Gasteiger partial charge in [0.2, 0.25) is 0 Å². The van der Waals surface area contributed by atoms with E-state index in [4.69, 9.17) is 9.47 Å². The van der Waals surface area contributed by atoms with Crippen molar-refractivity contribution in [1.82, 2.24) is 5.32 Å². The number of carbonyl (C=O) groups excluding carboxylic acids is 1. The van der Waals surface area contributed by atoms with E-state index in [1.807, 2.05) is 25.1 Å². The second-order valence-corrected chi connectivity index (χ2v) is 9.99. The third kappa shape index (κ3) is 3.66. The van der Waals surface area contributed by atoms with E-state index in [-0.39, 0.29) is 12.1 Å². The van der Waals surface area contributed by atoms with Crippen LogP contribution in [0.5, 0.6) is 11.5 Å². The van der Waals surface area contributed by atoms with Crippen molar-refractivity contribution in [2.45, 2.75) is 59.5 Å². The molecule has 0 bridgehead atoms. The minimum Gasteiger partial charge on any atom is -0.493 e. The Bertz CT molecular complexity index is 950. The number of benzene rings is 1. The van der Waals surface area contributed by atoms with Crippen LogP contribution in [0.15, 0.2) is 18.2 Å². The summed E-state index contributed by atoms with van der Waals surface area (Å²) >= 11 is 1.76. The van der Waals surface area contributed by atoms with Gasteiger partial charge in [0, 0.05) is 4.88 Å². The molecule has 2 heterocycles. The monoisotopic (exact) mass is 428 g/mol. The van der Waals surface area contributed by atoms with Gasteiger partial charge in [0.25, 0.3) is 5.91 Å². The Labute approximate surface area is 183 Å². The van der Waals surface area contributed by atoms with Crippen LogP contribution in [0.3, 0.4) is 0 Å². The molecule has 2 N–H and O–H groups in total. The largest absolute Gasteiger partial charge is 0.493 e. The fourth-order valence-electron chi connectivity index (χ4n) is 4.56. The molecule has 5 nitrogen and oxygen atoms in total. The van der Waals surface area contributed by atoms with Crippen molar-refractivity contribution in [1.29, 1.82) is 0 Å². The highest BCUT2D eigenvalue weighted by Crippen LogP contribution is 2.47. The average Bonchev–Trinajstić information content (AvgIpc) is 3.12. The Balaban J connectivity index is 1.60. The van der Waals surface area contributed by atoms with Gasteiger partial charge in [-0.3, -0.25) is 4.79 Å². The molecule has 0 saturated heterocycles. The lowest BCUT2D eigenvalue weighted by atomic mass is 9.69. The van der Waals surface area contributed by atoms with Crippen molar-refractivity contribution in [3.8, 4) is 11.5 Å². The third-order valence-electron chi connectivity index (χ3n) is 6.88. The lowest BCUT2D eigenvalue weighted by molar-refractivity contribution is 0.0934. The van der Waals surface area contributed by atoms with Crippen molar-refractivity contribution < 1.29 is 14.3 Å². The Morgan fingerprint density at radius 2 is 2.00 bits per heavy atom. The van der Waals surface area contributed by atoms with Crippen LogP contribution in [0.2, 0.25) is 0 Å². The summed E-state index contributed by atoms with van der Waals surface area (Å²) in [6.07, 6.45) is 4.12. The molecule has 0 spiro atoms. The Morgan fingerprint density at radius 3 is 2.70 bits per heavy atom. The van der Waals surface area contributed by atoms with E-state index in [1.165, 1.54) is 16.9 Å². The lowest BCUT2D eigenvalue weighted by Crippen LogP contribution is -2.38. The summed E-state index contributed by atoms with van der Waals surface area (Å²) in [6, 6.07) is 5.81. The van der Waals surface area contributed by atoms with Crippen LogP contribution in [0.4, 0.5) is 5.00 Å². The topological polar surface area (TPSA) is 59.6 Å². The molecular formula is C24H32N2O3S. The van der Waals surface area contributed by atoms with E-state index in [2.05, 4.69) is 31.4 Å². The van der Waals surface area contributed by atoms with Crippen molar-refractivity contribution >= 4 is 22.2 Å². The molecule has 6 heteroatoms. The highest BCUT2D eigenvalue weighted by Gasteiger charge is 2.37. The van der Waals surface area contributed by atoms with Gasteiger partial charge in [-0.05, 0) is 60.8 Å². The van der Waals surface area contributed by atoms with Crippen LogP contribution in [0, 0.1) is 11.3 Å². The van der Waals surface area contributed by atoms with Gasteiger partial charge in [0.05, 0.1) is 19.3 Å². The highest BCUT2D eigenvalue weighted by atomic mass is 32.1. The Kier molecular flexibility index (Phi) is 5.71. The minimum absolute atomic E-state index is 0.0207. The smallest absolute Gasteiger partial charge is 0.256 e. The zero-order valence-corrected chi connectivity index (χ0v) is 19.4. The summed E-state index contributed by atoms with van der Waals surface area (Å²) in [5, 5.41) is 7.70. The zero-order valence-electron chi connectivity index (χ0n) is 18.6. The van der Waals surface area contributed by atoms with Gasteiger partial charge in [0.15, 0.2) is 11.5 Å². The van der Waals surface area contributed by atoms with E-state index in [0.717, 1.165) is 35.4 Å². The quantitative estimate of drug-likeness (QED) is 0.633. The Morgan fingerprint density at radius 1 is 1.20 bits per heavy atom. The molecule has 1 aromatic carbocycles. The first-order chi connectivity index (χ1) is 14.4. The summed E-state index contributed by atoms with van der Waals surface area (Å²) in [4.78, 5) is 14.4. The van der Waals surface area contributed by atoms with Crippen molar-refractivity contribution in [2.75, 3.05) is 19.0 Å². The first kappa shape index (κ1) is 21.0. The second-order valence-electron chi connectivity index (χ2n) is 8.88. The highest BCUT2D eigenvalue weighted by molar-refractivity contribution is 7.16. The summed E-state index contributed by atoms with van der Waals surface area (Å²) < 4.78 is 11.1. The van der Waals surface area contributed by atoms with Gasteiger partial charge in [-0.2, -0.15) is 0 Å². The standard InChI is InChI=1S/C24H32N2O3S/c1-6-24(3,4)15-9-10-16-19(13-15)30-23-20(16)22(27)25-21(26-23)14-8-11-17(29-7-2)18(12-14)28-5/h8,11-12,15,21,26H,6-7,9-10,13H2,1-5H3,(H,25,27). The molecule has 1 aliphatic carbocycles. The van der Waals surface area contributed by atoms with Crippen molar-refractivity contribution in [3.05, 3.63) is 39.8 Å². The molecule has 1 aromatic heterocycles. The van der Waals surface area contributed by atoms with E-state index in [0.29, 0.717) is 29.4 Å². The Hall–Kier alpha value is -2.21. The van der Waals surface area contributed by atoms with E-state index in [9.17, 15) is 4.79 Å². The summed E-state index contributed by atoms with van der Waals surface area (Å²) in [5.41, 5.74) is 3.40. The van der Waals surface area contributed by atoms with E-state index >= 15 is 0 Å². The number of methoxy groups -OCH3 is 1. The molecule has 0 saturated carbocycles. The molecule has 4 rings (SSSR count). The van der Waals surface area contributed by atoms with Crippen molar-refractivity contribution in [3.63, 3.8) is 0 Å². The maximum Gasteiger partial charge on any atom is 0.256 e. The fraction of sp³-hybridized carbons (Fsp3) is 0.542. The summed E-state index contributed by atoms with van der Waals surface area (Å²) in [7, 11) is 1.63. The van der Waals surface area contributed by atoms with E-state index < -0.39 is 0 Å². The van der Waals surface area contributed by atoms with Gasteiger partial charge in [-0.15, -0.1) is 11.3 Å². The van der Waals surface area contributed by atoms with Crippen molar-refractivity contribution in [2.24, 2.45) is 11.3 Å². The minimum atomic E-state index is -0.280. The molecule has 1 aliphatic heterocycles. The number of ether oxygens (including phenoxy) is 2. The molecule has 2 unspecified atom stereocenters. The van der Waals surface area contributed by atoms with Crippen LogP contribution in [-0.2, 0) is 12.8 Å².